The van der Waals surface area contributed by atoms with E-state index in [0.717, 1.165) is 13.0 Å². The molecule has 1 aromatic rings. The van der Waals surface area contributed by atoms with Crippen molar-refractivity contribution in [2.24, 2.45) is 4.99 Å². The molecule has 0 aliphatic carbocycles. The van der Waals surface area contributed by atoms with Gasteiger partial charge in [-0.3, -0.25) is 4.99 Å². The van der Waals surface area contributed by atoms with Gasteiger partial charge in [0.15, 0.2) is 5.96 Å². The summed E-state index contributed by atoms with van der Waals surface area (Å²) in [4.78, 5) is 16.1. The number of nitrogens with one attached hydrogen (secondary N) is 3. The number of amides is 1. The summed E-state index contributed by atoms with van der Waals surface area (Å²) >= 11 is 1.70. The van der Waals surface area contributed by atoms with Crippen molar-refractivity contribution in [1.82, 2.24) is 16.0 Å². The van der Waals surface area contributed by atoms with Gasteiger partial charge < -0.3 is 20.7 Å². The van der Waals surface area contributed by atoms with Gasteiger partial charge in [-0.05, 0) is 63.4 Å². The lowest BCUT2D eigenvalue weighted by atomic mass is 10.1. The third kappa shape index (κ3) is 11.2. The van der Waals surface area contributed by atoms with E-state index in [9.17, 15) is 4.79 Å². The molecule has 0 aromatic carbocycles. The summed E-state index contributed by atoms with van der Waals surface area (Å²) in [5.74, 6) is 0.712. The van der Waals surface area contributed by atoms with Gasteiger partial charge in [-0.25, -0.2) is 4.79 Å². The third-order valence-electron chi connectivity index (χ3n) is 3.05. The molecule has 0 fully saturated rings. The van der Waals surface area contributed by atoms with Crippen molar-refractivity contribution in [3.8, 4) is 0 Å². The number of ether oxygens (including phenoxy) is 1. The molecule has 6 nitrogen and oxygen atoms in total. The van der Waals surface area contributed by atoms with Crippen LogP contribution < -0.4 is 16.0 Å². The summed E-state index contributed by atoms with van der Waals surface area (Å²) in [5.41, 5.74) is 0.343. The van der Waals surface area contributed by atoms with E-state index in [0.29, 0.717) is 12.5 Å². The van der Waals surface area contributed by atoms with Gasteiger partial charge in [0.1, 0.15) is 5.60 Å². The van der Waals surface area contributed by atoms with E-state index in [-0.39, 0.29) is 24.0 Å². The van der Waals surface area contributed by atoms with Gasteiger partial charge in [0.2, 0.25) is 0 Å². The van der Waals surface area contributed by atoms with Crippen LogP contribution >= 0.6 is 35.3 Å². The minimum Gasteiger partial charge on any atom is -0.444 e. The van der Waals surface area contributed by atoms with Crippen LogP contribution in [-0.2, 0) is 11.2 Å². The molecule has 0 saturated carbocycles. The monoisotopic (exact) mass is 482 g/mol. The second-order valence-electron chi connectivity index (χ2n) is 7.24. The Morgan fingerprint density at radius 3 is 2.44 bits per heavy atom. The van der Waals surface area contributed by atoms with Gasteiger partial charge >= 0.3 is 6.09 Å². The van der Waals surface area contributed by atoms with Gasteiger partial charge in [0.25, 0.3) is 0 Å². The molecule has 0 aliphatic rings. The van der Waals surface area contributed by atoms with Crippen LogP contribution in [0.2, 0.25) is 0 Å². The van der Waals surface area contributed by atoms with Crippen molar-refractivity contribution in [3.05, 3.63) is 22.4 Å². The highest BCUT2D eigenvalue weighted by Gasteiger charge is 2.24. The van der Waals surface area contributed by atoms with Gasteiger partial charge in [-0.1, -0.05) is 0 Å². The largest absolute Gasteiger partial charge is 0.444 e. The Hall–Kier alpha value is -1.03. The van der Waals surface area contributed by atoms with E-state index >= 15 is 0 Å². The van der Waals surface area contributed by atoms with Crippen LogP contribution in [-0.4, -0.2) is 43.3 Å². The van der Waals surface area contributed by atoms with Crippen LogP contribution in [0.25, 0.3) is 0 Å². The fourth-order valence-electron chi connectivity index (χ4n) is 1.91. The highest BCUT2D eigenvalue weighted by molar-refractivity contribution is 14.0. The quantitative estimate of drug-likeness (QED) is 0.330. The molecule has 1 aromatic heterocycles. The van der Waals surface area contributed by atoms with Crippen LogP contribution in [0.1, 0.15) is 40.2 Å². The number of rotatable bonds is 6. The molecule has 0 aliphatic heterocycles. The number of guanidine groups is 1. The Bertz CT molecular complexity index is 539. The van der Waals surface area contributed by atoms with Crippen molar-refractivity contribution < 1.29 is 9.53 Å². The summed E-state index contributed by atoms with van der Waals surface area (Å²) in [6, 6.07) is 2.12. The molecule has 0 saturated heterocycles. The molecule has 1 rings (SSSR count). The fraction of sp³-hybridized carbons (Fsp3) is 0.647. The zero-order chi connectivity index (χ0) is 18.2. The minimum atomic E-state index is -0.507. The van der Waals surface area contributed by atoms with Crippen LogP contribution in [0.15, 0.2) is 21.8 Å². The van der Waals surface area contributed by atoms with Crippen molar-refractivity contribution in [3.63, 3.8) is 0 Å². The highest BCUT2D eigenvalue weighted by Crippen LogP contribution is 2.09. The third-order valence-corrected chi connectivity index (χ3v) is 3.78. The molecular weight excluding hydrogens is 451 g/mol. The maximum atomic E-state index is 11.9. The topological polar surface area (TPSA) is 74.8 Å². The smallest absolute Gasteiger partial charge is 0.408 e. The van der Waals surface area contributed by atoms with Gasteiger partial charge in [-0.15, -0.1) is 24.0 Å². The van der Waals surface area contributed by atoms with Crippen LogP contribution in [0, 0.1) is 0 Å². The second-order valence-corrected chi connectivity index (χ2v) is 8.02. The molecule has 3 N–H and O–H groups in total. The summed E-state index contributed by atoms with van der Waals surface area (Å²) in [5, 5.41) is 13.6. The predicted molar refractivity (Wildman–Crippen MR) is 116 cm³/mol. The lowest BCUT2D eigenvalue weighted by Gasteiger charge is -2.29. The Morgan fingerprint density at radius 2 is 1.92 bits per heavy atom. The van der Waals surface area contributed by atoms with E-state index < -0.39 is 17.2 Å². The molecule has 1 amide bonds. The summed E-state index contributed by atoms with van der Waals surface area (Å²) in [6.45, 7) is 10.7. The first-order valence-electron chi connectivity index (χ1n) is 8.08. The Balaban J connectivity index is 0.00000576. The van der Waals surface area contributed by atoms with Crippen molar-refractivity contribution >= 4 is 47.4 Å². The number of thiophene rings is 1. The zero-order valence-electron chi connectivity index (χ0n) is 15.9. The van der Waals surface area contributed by atoms with Crippen LogP contribution in [0.5, 0.6) is 0 Å². The number of aliphatic imine (C=N–C) groups is 1. The summed E-state index contributed by atoms with van der Waals surface area (Å²) in [7, 11) is 1.73. The van der Waals surface area contributed by atoms with Gasteiger partial charge in [-0.2, -0.15) is 11.3 Å². The molecule has 144 valence electrons. The number of carbonyl (C=O) groups excluding carboxylic acids is 1. The molecule has 0 radical (unpaired) electrons. The Labute approximate surface area is 172 Å². The van der Waals surface area contributed by atoms with Crippen LogP contribution in [0.4, 0.5) is 4.79 Å². The van der Waals surface area contributed by atoms with E-state index in [1.54, 1.807) is 18.4 Å². The molecule has 1 heterocycles. The molecule has 0 bridgehead atoms. The van der Waals surface area contributed by atoms with Crippen molar-refractivity contribution in [1.29, 1.82) is 0 Å². The average molecular weight is 482 g/mol. The molecule has 0 spiro atoms. The van der Waals surface area contributed by atoms with E-state index in [2.05, 4.69) is 37.8 Å². The number of hydrogen-bond donors (Lipinski definition) is 3. The second kappa shape index (κ2) is 10.8. The van der Waals surface area contributed by atoms with E-state index in [1.807, 2.05) is 34.6 Å². The van der Waals surface area contributed by atoms with Crippen LogP contribution in [0.3, 0.4) is 0 Å². The first-order valence-corrected chi connectivity index (χ1v) is 9.02. The van der Waals surface area contributed by atoms with Gasteiger partial charge in [0, 0.05) is 20.1 Å². The number of hydrogen-bond acceptors (Lipinski definition) is 4. The highest BCUT2D eigenvalue weighted by atomic mass is 127. The number of carbonyl (C=O) groups is 1. The maximum Gasteiger partial charge on any atom is 0.408 e. The first kappa shape index (κ1) is 24.0. The minimum absolute atomic E-state index is 0. The van der Waals surface area contributed by atoms with E-state index in [1.165, 1.54) is 5.56 Å². The molecule has 0 unspecified atom stereocenters. The number of halogens is 1. The molecular formula is C17H31IN4O2S. The lowest BCUT2D eigenvalue weighted by Crippen LogP contribution is -2.54. The summed E-state index contributed by atoms with van der Waals surface area (Å²) in [6.07, 6.45) is 0.527. The first-order chi connectivity index (χ1) is 11.1. The Kier molecular flexibility index (Phi) is 10.4. The summed E-state index contributed by atoms with van der Waals surface area (Å²) < 4.78 is 5.29. The van der Waals surface area contributed by atoms with Crippen molar-refractivity contribution in [2.45, 2.75) is 52.2 Å². The molecule has 8 heteroatoms. The zero-order valence-corrected chi connectivity index (χ0v) is 19.1. The molecule has 25 heavy (non-hydrogen) atoms. The lowest BCUT2D eigenvalue weighted by molar-refractivity contribution is 0.0474. The predicted octanol–water partition coefficient (Wildman–Crippen LogP) is 3.38. The SMILES string of the molecule is CN=C(NCCc1ccsc1)NCC(C)(C)NC(=O)OC(C)(C)C.I. The van der Waals surface area contributed by atoms with Crippen molar-refractivity contribution in [2.75, 3.05) is 20.1 Å². The normalized spacial score (nSPS) is 12.2. The maximum absolute atomic E-state index is 11.9. The number of alkyl carbamates (subject to hydrolysis) is 1. The Morgan fingerprint density at radius 1 is 1.24 bits per heavy atom. The van der Waals surface area contributed by atoms with Gasteiger partial charge in [0.05, 0.1) is 5.54 Å². The fourth-order valence-corrected chi connectivity index (χ4v) is 2.61. The van der Waals surface area contributed by atoms with E-state index in [4.69, 9.17) is 4.74 Å². The standard InChI is InChI=1S/C17H30N4O2S.HI/c1-16(2,3)23-15(22)21-17(4,5)12-20-14(18-6)19-9-7-13-8-10-24-11-13;/h8,10-11H,7,9,12H2,1-6H3,(H,21,22)(H2,18,19,20);1H. The molecule has 0 atom stereocenters. The average Bonchev–Trinajstić information content (AvgIpc) is 2.92. The number of nitrogens with zero attached hydrogens (tertiary/aromatic N) is 1.